The van der Waals surface area contributed by atoms with Crippen molar-refractivity contribution in [3.05, 3.63) is 36.9 Å². The average molecular weight is 260 g/mol. The summed E-state index contributed by atoms with van der Waals surface area (Å²) < 4.78 is 4.90. The maximum Gasteiger partial charge on any atom is 0.174 e. The Hall–Kier alpha value is -1.66. The summed E-state index contributed by atoms with van der Waals surface area (Å²) in [5.41, 5.74) is 6.70. The Morgan fingerprint density at radius 1 is 1.18 bits per heavy atom. The van der Waals surface area contributed by atoms with Crippen LogP contribution in [0.4, 0.5) is 5.69 Å². The molecule has 2 aromatic heterocycles. The number of rotatable bonds is 2. The van der Waals surface area contributed by atoms with Crippen molar-refractivity contribution in [3.63, 3.8) is 0 Å². The van der Waals surface area contributed by atoms with E-state index in [2.05, 4.69) is 14.3 Å². The molecule has 0 bridgehead atoms. The van der Waals surface area contributed by atoms with E-state index in [0.29, 0.717) is 0 Å². The fourth-order valence-corrected chi connectivity index (χ4v) is 3.10. The van der Waals surface area contributed by atoms with E-state index >= 15 is 0 Å². The maximum atomic E-state index is 5.94. The molecule has 0 fully saturated rings. The van der Waals surface area contributed by atoms with E-state index in [9.17, 15) is 0 Å². The molecule has 84 valence electrons. The van der Waals surface area contributed by atoms with Gasteiger partial charge in [0.05, 0.1) is 0 Å². The molecular weight excluding hydrogens is 252 g/mol. The zero-order valence-corrected chi connectivity index (χ0v) is 10.3. The van der Waals surface area contributed by atoms with E-state index in [1.807, 2.05) is 24.4 Å². The summed E-state index contributed by atoms with van der Waals surface area (Å²) in [6, 6.07) is 5.83. The summed E-state index contributed by atoms with van der Waals surface area (Å²) >= 11 is 2.96. The van der Waals surface area contributed by atoms with Crippen LogP contribution in [0.1, 0.15) is 0 Å². The molecule has 0 spiro atoms. The van der Waals surface area contributed by atoms with Crippen molar-refractivity contribution < 1.29 is 0 Å². The predicted molar refractivity (Wildman–Crippen MR) is 70.2 cm³/mol. The predicted octanol–water partition coefficient (Wildman–Crippen LogP) is 2.82. The van der Waals surface area contributed by atoms with Gasteiger partial charge in [-0.1, -0.05) is 11.8 Å². The lowest BCUT2D eigenvalue weighted by molar-refractivity contribution is 1.21. The van der Waals surface area contributed by atoms with Crippen LogP contribution < -0.4 is 5.73 Å². The van der Waals surface area contributed by atoms with Crippen LogP contribution in [-0.2, 0) is 0 Å². The van der Waals surface area contributed by atoms with Gasteiger partial charge in [-0.15, -0.1) is 0 Å². The van der Waals surface area contributed by atoms with Crippen molar-refractivity contribution in [2.45, 2.75) is 9.24 Å². The van der Waals surface area contributed by atoms with Gasteiger partial charge in [0.1, 0.15) is 6.33 Å². The number of pyridine rings is 1. The fraction of sp³-hybridized carbons (Fsp3) is 0. The molecule has 17 heavy (non-hydrogen) atoms. The first-order valence-corrected chi connectivity index (χ1v) is 6.50. The van der Waals surface area contributed by atoms with E-state index in [0.717, 1.165) is 25.7 Å². The lowest BCUT2D eigenvalue weighted by atomic mass is 10.1. The third-order valence-corrected chi connectivity index (χ3v) is 4.14. The minimum absolute atomic E-state index is 0.768. The Labute approximate surface area is 106 Å². The first-order valence-electron chi connectivity index (χ1n) is 4.91. The first-order chi connectivity index (χ1) is 8.34. The van der Waals surface area contributed by atoms with E-state index in [4.69, 9.17) is 5.73 Å². The van der Waals surface area contributed by atoms with E-state index in [1.54, 1.807) is 24.3 Å². The van der Waals surface area contributed by atoms with Gasteiger partial charge >= 0.3 is 0 Å². The van der Waals surface area contributed by atoms with E-state index in [1.165, 1.54) is 11.5 Å². The normalized spacial score (nSPS) is 10.8. The number of hydrogen-bond acceptors (Lipinski definition) is 6. The summed E-state index contributed by atoms with van der Waals surface area (Å²) in [6.07, 6.45) is 5.14. The largest absolute Gasteiger partial charge is 0.398 e. The summed E-state index contributed by atoms with van der Waals surface area (Å²) in [6.45, 7) is 0. The molecule has 3 aromatic rings. The van der Waals surface area contributed by atoms with Crippen LogP contribution in [0.25, 0.3) is 10.8 Å². The van der Waals surface area contributed by atoms with Crippen molar-refractivity contribution in [1.29, 1.82) is 0 Å². The van der Waals surface area contributed by atoms with Crippen LogP contribution >= 0.6 is 23.3 Å². The van der Waals surface area contributed by atoms with Crippen molar-refractivity contribution in [3.8, 4) is 0 Å². The number of hydrogen-bond donors (Lipinski definition) is 1. The zero-order chi connectivity index (χ0) is 11.7. The Morgan fingerprint density at radius 3 is 2.94 bits per heavy atom. The Bertz CT molecular complexity index is 652. The SMILES string of the molecule is Nc1ccc(Sc2ncns2)c2cnccc12. The molecule has 0 unspecified atom stereocenters. The summed E-state index contributed by atoms with van der Waals surface area (Å²) in [5, 5.41) is 2.07. The molecule has 0 amide bonds. The number of fused-ring (bicyclic) bond motifs is 1. The average Bonchev–Trinajstić information content (AvgIpc) is 2.86. The minimum atomic E-state index is 0.768. The molecule has 4 nitrogen and oxygen atoms in total. The van der Waals surface area contributed by atoms with Crippen LogP contribution in [-0.4, -0.2) is 14.3 Å². The van der Waals surface area contributed by atoms with Crippen LogP contribution in [0.15, 0.2) is 46.2 Å². The second-order valence-electron chi connectivity index (χ2n) is 3.38. The lowest BCUT2D eigenvalue weighted by Gasteiger charge is -2.05. The molecule has 2 heterocycles. The Kier molecular flexibility index (Phi) is 2.66. The molecule has 3 rings (SSSR count). The zero-order valence-electron chi connectivity index (χ0n) is 8.70. The van der Waals surface area contributed by atoms with E-state index < -0.39 is 0 Å². The molecule has 0 radical (unpaired) electrons. The van der Waals surface area contributed by atoms with Gasteiger partial charge in [-0.05, 0) is 29.7 Å². The molecule has 0 aliphatic heterocycles. The van der Waals surface area contributed by atoms with Gasteiger partial charge in [-0.25, -0.2) is 4.98 Å². The molecule has 0 saturated heterocycles. The first kappa shape index (κ1) is 10.5. The fourth-order valence-electron chi connectivity index (χ4n) is 1.58. The van der Waals surface area contributed by atoms with Crippen LogP contribution in [0.3, 0.4) is 0 Å². The third-order valence-electron chi connectivity index (χ3n) is 2.35. The number of nitrogens with zero attached hydrogens (tertiary/aromatic N) is 3. The van der Waals surface area contributed by atoms with Gasteiger partial charge in [-0.2, -0.15) is 4.37 Å². The number of nitrogen functional groups attached to an aromatic ring is 1. The topological polar surface area (TPSA) is 64.7 Å². The number of anilines is 1. The molecule has 0 aliphatic rings. The molecule has 1 aromatic carbocycles. The van der Waals surface area contributed by atoms with Crippen molar-refractivity contribution in [2.24, 2.45) is 0 Å². The van der Waals surface area contributed by atoms with Crippen molar-refractivity contribution >= 4 is 39.8 Å². The van der Waals surface area contributed by atoms with Crippen LogP contribution in [0, 0.1) is 0 Å². The highest BCUT2D eigenvalue weighted by Gasteiger charge is 2.07. The second-order valence-corrected chi connectivity index (χ2v) is 5.45. The standard InChI is InChI=1S/C11H8N4S2/c12-9-1-2-10(16-11-14-6-15-17-11)8-5-13-4-3-7(8)9/h1-6H,12H2. The second kappa shape index (κ2) is 4.31. The minimum Gasteiger partial charge on any atom is -0.398 e. The number of benzene rings is 1. The number of nitrogens with two attached hydrogens (primary N) is 1. The molecule has 6 heteroatoms. The van der Waals surface area contributed by atoms with Crippen molar-refractivity contribution in [2.75, 3.05) is 5.73 Å². The van der Waals surface area contributed by atoms with Gasteiger partial charge in [0.2, 0.25) is 0 Å². The highest BCUT2D eigenvalue weighted by molar-refractivity contribution is 8.01. The van der Waals surface area contributed by atoms with Crippen molar-refractivity contribution in [1.82, 2.24) is 14.3 Å². The number of aromatic nitrogens is 3. The highest BCUT2D eigenvalue weighted by atomic mass is 32.2. The Balaban J connectivity index is 2.14. The maximum absolute atomic E-state index is 5.94. The lowest BCUT2D eigenvalue weighted by Crippen LogP contribution is -1.88. The molecule has 2 N–H and O–H groups in total. The van der Waals surface area contributed by atoms with Gasteiger partial charge in [0.15, 0.2) is 4.34 Å². The summed E-state index contributed by atoms with van der Waals surface area (Å²) in [7, 11) is 0. The van der Waals surface area contributed by atoms with E-state index in [-0.39, 0.29) is 0 Å². The summed E-state index contributed by atoms with van der Waals surface area (Å²) in [5.74, 6) is 0. The van der Waals surface area contributed by atoms with Crippen LogP contribution in [0.2, 0.25) is 0 Å². The molecule has 0 saturated carbocycles. The van der Waals surface area contributed by atoms with Gasteiger partial charge < -0.3 is 5.73 Å². The molecular formula is C11H8N4S2. The summed E-state index contributed by atoms with van der Waals surface area (Å²) in [4.78, 5) is 9.40. The molecule has 0 atom stereocenters. The quantitative estimate of drug-likeness (QED) is 0.718. The molecule has 0 aliphatic carbocycles. The van der Waals surface area contributed by atoms with Gasteiger partial charge in [0.25, 0.3) is 0 Å². The van der Waals surface area contributed by atoms with Crippen LogP contribution in [0.5, 0.6) is 0 Å². The monoisotopic (exact) mass is 260 g/mol. The van der Waals surface area contributed by atoms with Gasteiger partial charge in [0, 0.05) is 33.7 Å². The highest BCUT2D eigenvalue weighted by Crippen LogP contribution is 2.35. The smallest absolute Gasteiger partial charge is 0.174 e. The van der Waals surface area contributed by atoms with Gasteiger partial charge in [-0.3, -0.25) is 4.98 Å². The Morgan fingerprint density at radius 2 is 2.12 bits per heavy atom. The third kappa shape index (κ3) is 1.96.